The maximum absolute atomic E-state index is 13.3. The highest BCUT2D eigenvalue weighted by Gasteiger charge is 2.51. The number of benzene rings is 2. The van der Waals surface area contributed by atoms with Gasteiger partial charge in [0, 0.05) is 20.7 Å². The molecule has 0 radical (unpaired) electrons. The summed E-state index contributed by atoms with van der Waals surface area (Å²) < 4.78 is 1.66. The van der Waals surface area contributed by atoms with E-state index in [4.69, 9.17) is 0 Å². The zero-order valence-electron chi connectivity index (χ0n) is 15.2. The zero-order valence-corrected chi connectivity index (χ0v) is 18.4. The molecular formula is C22H16Br2N2O3. The fraction of sp³-hybridized carbons (Fsp3) is 0.136. The highest BCUT2D eigenvalue weighted by molar-refractivity contribution is 9.10. The predicted octanol–water partition coefficient (Wildman–Crippen LogP) is 4.61. The van der Waals surface area contributed by atoms with Crippen LogP contribution in [-0.4, -0.2) is 21.8 Å². The van der Waals surface area contributed by atoms with Crippen molar-refractivity contribution in [1.29, 1.82) is 0 Å². The molecule has 146 valence electrons. The van der Waals surface area contributed by atoms with Crippen molar-refractivity contribution in [3.63, 3.8) is 0 Å². The molecule has 2 heterocycles. The number of carbonyl (C=O) groups is 2. The minimum atomic E-state index is -1.94. The van der Waals surface area contributed by atoms with Crippen LogP contribution in [0.5, 0.6) is 0 Å². The molecule has 0 bridgehead atoms. The average Bonchev–Trinajstić information content (AvgIpc) is 2.92. The molecule has 1 amide bonds. The van der Waals surface area contributed by atoms with Crippen molar-refractivity contribution in [3.8, 4) is 0 Å². The molecule has 5 nitrogen and oxygen atoms in total. The number of pyridine rings is 1. The van der Waals surface area contributed by atoms with E-state index < -0.39 is 17.3 Å². The lowest BCUT2D eigenvalue weighted by atomic mass is 9.89. The van der Waals surface area contributed by atoms with Gasteiger partial charge in [0.2, 0.25) is 0 Å². The molecule has 1 unspecified atom stereocenters. The van der Waals surface area contributed by atoms with Crippen molar-refractivity contribution in [2.24, 2.45) is 0 Å². The first kappa shape index (κ1) is 19.9. The molecule has 1 aliphatic heterocycles. The molecule has 0 fully saturated rings. The zero-order chi connectivity index (χ0) is 20.6. The first-order chi connectivity index (χ1) is 13.9. The van der Waals surface area contributed by atoms with Crippen LogP contribution in [0.15, 0.2) is 75.8 Å². The Bertz CT molecular complexity index is 1090. The number of Topliss-reactive ketones (excluding diaryl/α,β-unsaturated/α-hetero) is 1. The predicted molar refractivity (Wildman–Crippen MR) is 117 cm³/mol. The van der Waals surface area contributed by atoms with Gasteiger partial charge < -0.3 is 10.0 Å². The molecule has 1 atom stereocenters. The van der Waals surface area contributed by atoms with Gasteiger partial charge in [0.15, 0.2) is 11.4 Å². The van der Waals surface area contributed by atoms with Crippen molar-refractivity contribution < 1.29 is 14.7 Å². The fourth-order valence-corrected chi connectivity index (χ4v) is 4.10. The van der Waals surface area contributed by atoms with E-state index in [9.17, 15) is 14.7 Å². The standard InChI is InChI=1S/C22H16Br2N2O3/c23-15-6-4-14(5-7-15)13-26-19-9-8-16(24)11-17(19)22(29,21(26)28)12-20(27)18-3-1-2-10-25-18/h1-11,29H,12-13H2. The van der Waals surface area contributed by atoms with Gasteiger partial charge in [0.25, 0.3) is 5.91 Å². The first-order valence-electron chi connectivity index (χ1n) is 8.91. The highest BCUT2D eigenvalue weighted by Crippen LogP contribution is 2.44. The summed E-state index contributed by atoms with van der Waals surface area (Å²) in [5.74, 6) is -0.907. The number of nitrogens with zero attached hydrogens (tertiary/aromatic N) is 2. The van der Waals surface area contributed by atoms with Crippen molar-refractivity contribution in [2.45, 2.75) is 18.6 Å². The van der Waals surface area contributed by atoms with E-state index in [1.54, 1.807) is 30.3 Å². The first-order valence-corrected chi connectivity index (χ1v) is 10.5. The van der Waals surface area contributed by atoms with E-state index in [2.05, 4.69) is 36.8 Å². The van der Waals surface area contributed by atoms with Gasteiger partial charge in [-0.05, 0) is 48.0 Å². The van der Waals surface area contributed by atoms with Crippen LogP contribution in [0.1, 0.15) is 28.0 Å². The van der Waals surface area contributed by atoms with E-state index in [0.29, 0.717) is 17.8 Å². The topological polar surface area (TPSA) is 70.5 Å². The lowest BCUT2D eigenvalue weighted by molar-refractivity contribution is -0.136. The van der Waals surface area contributed by atoms with Crippen molar-refractivity contribution in [1.82, 2.24) is 4.98 Å². The summed E-state index contributed by atoms with van der Waals surface area (Å²) in [5.41, 5.74) is 0.200. The van der Waals surface area contributed by atoms with Crippen LogP contribution in [0.3, 0.4) is 0 Å². The number of rotatable bonds is 5. The summed E-state index contributed by atoms with van der Waals surface area (Å²) in [7, 11) is 0. The Kier molecular flexibility index (Phi) is 5.38. The van der Waals surface area contributed by atoms with Crippen LogP contribution in [0.25, 0.3) is 0 Å². The summed E-state index contributed by atoms with van der Waals surface area (Å²) >= 11 is 6.80. The number of aliphatic hydroxyl groups is 1. The van der Waals surface area contributed by atoms with Crippen LogP contribution in [0, 0.1) is 0 Å². The lowest BCUT2D eigenvalue weighted by Gasteiger charge is -2.22. The van der Waals surface area contributed by atoms with Gasteiger partial charge >= 0.3 is 0 Å². The van der Waals surface area contributed by atoms with E-state index in [1.807, 2.05) is 30.3 Å². The lowest BCUT2D eigenvalue weighted by Crippen LogP contribution is -2.41. The Morgan fingerprint density at radius 3 is 2.45 bits per heavy atom. The Hall–Kier alpha value is -2.35. The van der Waals surface area contributed by atoms with Crippen molar-refractivity contribution in [3.05, 3.63) is 92.6 Å². The SMILES string of the molecule is O=C(CC1(O)C(=O)N(Cc2ccc(Br)cc2)c2ccc(Br)cc21)c1ccccn1. The Labute approximate surface area is 184 Å². The quantitative estimate of drug-likeness (QED) is 0.503. The molecule has 1 aliphatic rings. The van der Waals surface area contributed by atoms with E-state index in [0.717, 1.165) is 14.5 Å². The van der Waals surface area contributed by atoms with Gasteiger partial charge in [-0.15, -0.1) is 0 Å². The third kappa shape index (κ3) is 3.77. The maximum atomic E-state index is 13.3. The molecular weight excluding hydrogens is 500 g/mol. The molecule has 2 aromatic carbocycles. The molecule has 3 aromatic rings. The molecule has 29 heavy (non-hydrogen) atoms. The second-order valence-corrected chi connectivity index (χ2v) is 8.69. The third-order valence-corrected chi connectivity index (χ3v) is 5.94. The normalized spacial score (nSPS) is 18.0. The second kappa shape index (κ2) is 7.82. The third-order valence-electron chi connectivity index (χ3n) is 4.91. The number of halogens is 2. The van der Waals surface area contributed by atoms with E-state index in [1.165, 1.54) is 11.1 Å². The molecule has 4 rings (SSSR count). The summed E-state index contributed by atoms with van der Waals surface area (Å²) in [4.78, 5) is 31.6. The van der Waals surface area contributed by atoms with Gasteiger partial charge in [-0.3, -0.25) is 14.6 Å². The van der Waals surface area contributed by atoms with Gasteiger partial charge in [-0.1, -0.05) is 50.1 Å². The van der Waals surface area contributed by atoms with Gasteiger partial charge in [0.1, 0.15) is 5.69 Å². The van der Waals surface area contributed by atoms with Crippen LogP contribution >= 0.6 is 31.9 Å². The Morgan fingerprint density at radius 1 is 1.03 bits per heavy atom. The number of hydrogen-bond acceptors (Lipinski definition) is 4. The minimum absolute atomic E-state index is 0.219. The van der Waals surface area contributed by atoms with Gasteiger partial charge in [-0.25, -0.2) is 0 Å². The van der Waals surface area contributed by atoms with Gasteiger partial charge in [0.05, 0.1) is 18.7 Å². The number of aromatic nitrogens is 1. The molecule has 1 N–H and O–H groups in total. The van der Waals surface area contributed by atoms with E-state index >= 15 is 0 Å². The summed E-state index contributed by atoms with van der Waals surface area (Å²) in [6, 6.07) is 17.9. The van der Waals surface area contributed by atoms with Crippen LogP contribution in [-0.2, 0) is 16.9 Å². The highest BCUT2D eigenvalue weighted by atomic mass is 79.9. The summed E-state index contributed by atoms with van der Waals surface area (Å²) in [6.07, 6.45) is 1.14. The number of hydrogen-bond donors (Lipinski definition) is 1. The Balaban J connectivity index is 1.71. The molecule has 7 heteroatoms. The summed E-state index contributed by atoms with van der Waals surface area (Å²) in [5, 5.41) is 11.4. The smallest absolute Gasteiger partial charge is 0.264 e. The second-order valence-electron chi connectivity index (χ2n) is 6.85. The number of anilines is 1. The number of ketones is 1. The van der Waals surface area contributed by atoms with Crippen LogP contribution in [0.2, 0.25) is 0 Å². The van der Waals surface area contributed by atoms with E-state index in [-0.39, 0.29) is 12.1 Å². The molecule has 0 saturated carbocycles. The minimum Gasteiger partial charge on any atom is -0.375 e. The fourth-order valence-electron chi connectivity index (χ4n) is 3.47. The Morgan fingerprint density at radius 2 is 1.76 bits per heavy atom. The number of amides is 1. The molecule has 0 spiro atoms. The van der Waals surface area contributed by atoms with Crippen molar-refractivity contribution >= 4 is 49.2 Å². The molecule has 0 aliphatic carbocycles. The van der Waals surface area contributed by atoms with Crippen molar-refractivity contribution in [2.75, 3.05) is 4.90 Å². The maximum Gasteiger partial charge on any atom is 0.264 e. The van der Waals surface area contributed by atoms with Crippen LogP contribution < -0.4 is 4.90 Å². The van der Waals surface area contributed by atoms with Crippen LogP contribution in [0.4, 0.5) is 5.69 Å². The number of carbonyl (C=O) groups excluding carboxylic acids is 2. The monoisotopic (exact) mass is 514 g/mol. The average molecular weight is 516 g/mol. The number of fused-ring (bicyclic) bond motifs is 1. The molecule has 0 saturated heterocycles. The largest absolute Gasteiger partial charge is 0.375 e. The van der Waals surface area contributed by atoms with Gasteiger partial charge in [-0.2, -0.15) is 0 Å². The molecule has 1 aromatic heterocycles. The summed E-state index contributed by atoms with van der Waals surface area (Å²) in [6.45, 7) is 0.292.